The highest BCUT2D eigenvalue weighted by atomic mass is 32.1. The molecule has 6 heteroatoms. The minimum atomic E-state index is -0.140. The lowest BCUT2D eigenvalue weighted by Crippen LogP contribution is -2.29. The largest absolute Gasteiger partial charge is 0.372 e. The van der Waals surface area contributed by atoms with E-state index in [1.165, 1.54) is 10.4 Å². The van der Waals surface area contributed by atoms with Gasteiger partial charge in [0.15, 0.2) is 5.13 Å². The summed E-state index contributed by atoms with van der Waals surface area (Å²) in [5.41, 5.74) is 2.44. The number of carbonyl (C=O) groups is 1. The lowest BCUT2D eigenvalue weighted by Gasteiger charge is -2.25. The Morgan fingerprint density at radius 2 is 2.22 bits per heavy atom. The summed E-state index contributed by atoms with van der Waals surface area (Å²) in [6, 6.07) is 10.5. The first kappa shape index (κ1) is 16.1. The van der Waals surface area contributed by atoms with Crippen molar-refractivity contribution in [2.45, 2.75) is 26.4 Å². The maximum atomic E-state index is 11.7. The van der Waals surface area contributed by atoms with Crippen LogP contribution in [0, 0.1) is 0 Å². The summed E-state index contributed by atoms with van der Waals surface area (Å²) in [6.07, 6.45) is 0.931. The predicted molar refractivity (Wildman–Crippen MR) is 91.5 cm³/mol. The molecular weight excluding hydrogens is 310 g/mol. The summed E-state index contributed by atoms with van der Waals surface area (Å²) in [5.74, 6) is -0.140. The smallest absolute Gasteiger partial charge is 0.252 e. The summed E-state index contributed by atoms with van der Waals surface area (Å²) in [6.45, 7) is 5.33. The van der Waals surface area contributed by atoms with Gasteiger partial charge in [0, 0.05) is 37.5 Å². The fourth-order valence-electron chi connectivity index (χ4n) is 2.63. The molecule has 0 saturated carbocycles. The molecule has 0 fully saturated rings. The van der Waals surface area contributed by atoms with E-state index in [4.69, 9.17) is 4.74 Å². The molecule has 0 bridgehead atoms. The van der Waals surface area contributed by atoms with Crippen LogP contribution in [0.15, 0.2) is 30.3 Å². The minimum absolute atomic E-state index is 0.0842. The minimum Gasteiger partial charge on any atom is -0.372 e. The molecule has 0 atom stereocenters. The zero-order valence-electron chi connectivity index (χ0n) is 13.2. The SMILES string of the molecule is CCOCC(=O)Nc1nc2c(s1)CN(Cc1ccccc1)CC2. The second kappa shape index (κ2) is 7.68. The Labute approximate surface area is 140 Å². The molecule has 0 unspecified atom stereocenters. The number of hydrogen-bond acceptors (Lipinski definition) is 5. The van der Waals surface area contributed by atoms with Crippen LogP contribution in [-0.4, -0.2) is 35.5 Å². The fraction of sp³-hybridized carbons (Fsp3) is 0.412. The Bertz CT molecular complexity index is 657. The highest BCUT2D eigenvalue weighted by molar-refractivity contribution is 7.15. The topological polar surface area (TPSA) is 54.5 Å². The number of hydrogen-bond donors (Lipinski definition) is 1. The lowest BCUT2D eigenvalue weighted by atomic mass is 10.1. The van der Waals surface area contributed by atoms with Crippen molar-refractivity contribution in [3.05, 3.63) is 46.5 Å². The number of aromatic nitrogens is 1. The maximum Gasteiger partial charge on any atom is 0.252 e. The maximum absolute atomic E-state index is 11.7. The van der Waals surface area contributed by atoms with Crippen molar-refractivity contribution >= 4 is 22.4 Å². The highest BCUT2D eigenvalue weighted by Gasteiger charge is 2.21. The number of benzene rings is 1. The molecule has 2 aromatic rings. The molecule has 1 N–H and O–H groups in total. The zero-order valence-corrected chi connectivity index (χ0v) is 14.1. The third-order valence-electron chi connectivity index (χ3n) is 3.74. The van der Waals surface area contributed by atoms with Crippen LogP contribution in [0.4, 0.5) is 5.13 Å². The summed E-state index contributed by atoms with van der Waals surface area (Å²) in [5, 5.41) is 3.51. The van der Waals surface area contributed by atoms with Crippen molar-refractivity contribution < 1.29 is 9.53 Å². The summed E-state index contributed by atoms with van der Waals surface area (Å²) < 4.78 is 5.11. The van der Waals surface area contributed by atoms with Crippen LogP contribution in [0.5, 0.6) is 0 Å². The van der Waals surface area contributed by atoms with Crippen molar-refractivity contribution in [3.63, 3.8) is 0 Å². The van der Waals surface area contributed by atoms with Crippen LogP contribution in [-0.2, 0) is 29.0 Å². The van der Waals surface area contributed by atoms with Crippen molar-refractivity contribution in [1.29, 1.82) is 0 Å². The predicted octanol–water partition coefficient (Wildman–Crippen LogP) is 2.68. The van der Waals surface area contributed by atoms with Crippen LogP contribution in [0.25, 0.3) is 0 Å². The molecule has 1 aliphatic rings. The Morgan fingerprint density at radius 1 is 1.39 bits per heavy atom. The number of carbonyl (C=O) groups excluding carboxylic acids is 1. The number of amides is 1. The number of nitrogens with one attached hydrogen (secondary N) is 1. The van der Waals surface area contributed by atoms with Crippen LogP contribution in [0.1, 0.15) is 23.1 Å². The molecule has 3 rings (SSSR count). The second-order valence-corrected chi connectivity index (χ2v) is 6.60. The van der Waals surface area contributed by atoms with E-state index in [9.17, 15) is 4.79 Å². The van der Waals surface area contributed by atoms with Gasteiger partial charge in [0.25, 0.3) is 5.91 Å². The van der Waals surface area contributed by atoms with Crippen LogP contribution < -0.4 is 5.32 Å². The summed E-state index contributed by atoms with van der Waals surface area (Å²) in [7, 11) is 0. The zero-order chi connectivity index (χ0) is 16.1. The third-order valence-corrected chi connectivity index (χ3v) is 4.74. The molecule has 122 valence electrons. The van der Waals surface area contributed by atoms with Crippen LogP contribution in [0.3, 0.4) is 0 Å². The standard InChI is InChI=1S/C17H21N3O2S/c1-2-22-12-16(21)19-17-18-14-8-9-20(11-15(14)23-17)10-13-6-4-3-5-7-13/h3-7H,2,8-12H2,1H3,(H,18,19,21). The van der Waals surface area contributed by atoms with E-state index in [-0.39, 0.29) is 12.5 Å². The van der Waals surface area contributed by atoms with Crippen molar-refractivity contribution in [2.75, 3.05) is 25.1 Å². The van der Waals surface area contributed by atoms with E-state index >= 15 is 0 Å². The van der Waals surface area contributed by atoms with E-state index < -0.39 is 0 Å². The van der Waals surface area contributed by atoms with Crippen LogP contribution >= 0.6 is 11.3 Å². The molecule has 1 aromatic carbocycles. The van der Waals surface area contributed by atoms with Gasteiger partial charge in [-0.05, 0) is 12.5 Å². The molecule has 1 aliphatic heterocycles. The molecule has 5 nitrogen and oxygen atoms in total. The number of ether oxygens (including phenoxy) is 1. The molecule has 2 heterocycles. The number of rotatable bonds is 6. The molecule has 0 aliphatic carbocycles. The summed E-state index contributed by atoms with van der Waals surface area (Å²) >= 11 is 1.57. The molecule has 1 aromatic heterocycles. The van der Waals surface area contributed by atoms with Gasteiger partial charge < -0.3 is 4.74 Å². The van der Waals surface area contributed by atoms with Crippen molar-refractivity contribution in [3.8, 4) is 0 Å². The fourth-order valence-corrected chi connectivity index (χ4v) is 3.70. The molecule has 1 amide bonds. The van der Waals surface area contributed by atoms with Gasteiger partial charge in [-0.1, -0.05) is 30.3 Å². The van der Waals surface area contributed by atoms with E-state index in [0.717, 1.165) is 31.7 Å². The Balaban J connectivity index is 1.59. The van der Waals surface area contributed by atoms with E-state index in [0.29, 0.717) is 11.7 Å². The molecule has 23 heavy (non-hydrogen) atoms. The van der Waals surface area contributed by atoms with Crippen molar-refractivity contribution in [2.24, 2.45) is 0 Å². The Kier molecular flexibility index (Phi) is 5.38. The summed E-state index contributed by atoms with van der Waals surface area (Å²) in [4.78, 5) is 19.9. The average Bonchev–Trinajstić information content (AvgIpc) is 2.95. The van der Waals surface area contributed by atoms with Gasteiger partial charge in [0.1, 0.15) is 6.61 Å². The number of fused-ring (bicyclic) bond motifs is 1. The normalized spacial score (nSPS) is 14.5. The lowest BCUT2D eigenvalue weighted by molar-refractivity contribution is -0.120. The first-order chi connectivity index (χ1) is 11.2. The Morgan fingerprint density at radius 3 is 3.00 bits per heavy atom. The average molecular weight is 331 g/mol. The quantitative estimate of drug-likeness (QED) is 0.884. The van der Waals surface area contributed by atoms with Gasteiger partial charge in [-0.15, -0.1) is 11.3 Å². The van der Waals surface area contributed by atoms with Gasteiger partial charge in [0.2, 0.25) is 0 Å². The van der Waals surface area contributed by atoms with Crippen molar-refractivity contribution in [1.82, 2.24) is 9.88 Å². The molecule has 0 radical (unpaired) electrons. The van der Waals surface area contributed by atoms with Gasteiger partial charge >= 0.3 is 0 Å². The van der Waals surface area contributed by atoms with Crippen LogP contribution in [0.2, 0.25) is 0 Å². The van der Waals surface area contributed by atoms with E-state index in [1.54, 1.807) is 11.3 Å². The van der Waals surface area contributed by atoms with Gasteiger partial charge in [-0.2, -0.15) is 0 Å². The second-order valence-electron chi connectivity index (χ2n) is 5.52. The number of anilines is 1. The molecule has 0 saturated heterocycles. The number of thiazole rings is 1. The van der Waals surface area contributed by atoms with E-state index in [2.05, 4.69) is 39.5 Å². The number of nitrogens with zero attached hydrogens (tertiary/aromatic N) is 2. The van der Waals surface area contributed by atoms with E-state index in [1.807, 2.05) is 13.0 Å². The molecular formula is C17H21N3O2S. The molecule has 0 spiro atoms. The third kappa shape index (κ3) is 4.37. The first-order valence-corrected chi connectivity index (χ1v) is 8.68. The highest BCUT2D eigenvalue weighted by Crippen LogP contribution is 2.28. The monoisotopic (exact) mass is 331 g/mol. The Hall–Kier alpha value is -1.76. The first-order valence-electron chi connectivity index (χ1n) is 7.87. The van der Waals surface area contributed by atoms with Gasteiger partial charge in [-0.3, -0.25) is 15.0 Å². The van der Waals surface area contributed by atoms with Gasteiger partial charge in [-0.25, -0.2) is 4.98 Å². The van der Waals surface area contributed by atoms with Gasteiger partial charge in [0.05, 0.1) is 5.69 Å².